The minimum absolute atomic E-state index is 0.0262. The van der Waals surface area contributed by atoms with E-state index in [0.29, 0.717) is 15.7 Å². The van der Waals surface area contributed by atoms with Gasteiger partial charge in [-0.15, -0.1) is 0 Å². The quantitative estimate of drug-likeness (QED) is 0.757. The summed E-state index contributed by atoms with van der Waals surface area (Å²) in [6.45, 7) is 1.46. The zero-order valence-electron chi connectivity index (χ0n) is 14.5. The first kappa shape index (κ1) is 20.5. The molecule has 0 spiro atoms. The second-order valence-electron chi connectivity index (χ2n) is 5.84. The fourth-order valence-electron chi connectivity index (χ4n) is 2.21. The number of halogens is 2. The van der Waals surface area contributed by atoms with Crippen LogP contribution >= 0.6 is 23.2 Å². The summed E-state index contributed by atoms with van der Waals surface area (Å²) in [6.07, 6.45) is 0. The maximum absolute atomic E-state index is 12.4. The number of hydrogen-bond donors (Lipinski definition) is 2. The number of anilines is 2. The van der Waals surface area contributed by atoms with Crippen molar-refractivity contribution in [1.29, 1.82) is 0 Å². The molecule has 2 aromatic carbocycles. The SMILES string of the molecule is C[C@H](NS(=O)(=O)c1ccc(Cl)cc1)C(=O)Nc1cc(Cl)ccc1N(C)C. The van der Waals surface area contributed by atoms with E-state index in [9.17, 15) is 13.2 Å². The largest absolute Gasteiger partial charge is 0.376 e. The molecule has 1 amide bonds. The second kappa shape index (κ2) is 8.26. The second-order valence-corrected chi connectivity index (χ2v) is 8.43. The predicted octanol–water partition coefficient (Wildman–Crippen LogP) is 3.36. The van der Waals surface area contributed by atoms with Crippen molar-refractivity contribution in [3.63, 3.8) is 0 Å². The molecule has 0 saturated carbocycles. The first-order chi connectivity index (χ1) is 12.1. The fraction of sp³-hybridized carbons (Fsp3) is 0.235. The Morgan fingerprint density at radius 2 is 1.62 bits per heavy atom. The smallest absolute Gasteiger partial charge is 0.242 e. The van der Waals surface area contributed by atoms with Crippen LogP contribution in [0.2, 0.25) is 10.0 Å². The van der Waals surface area contributed by atoms with Gasteiger partial charge in [0.2, 0.25) is 15.9 Å². The van der Waals surface area contributed by atoms with Crippen LogP contribution in [-0.4, -0.2) is 34.5 Å². The highest BCUT2D eigenvalue weighted by molar-refractivity contribution is 7.89. The van der Waals surface area contributed by atoms with E-state index in [1.54, 1.807) is 18.2 Å². The molecule has 0 heterocycles. The molecule has 0 aromatic heterocycles. The van der Waals surface area contributed by atoms with Gasteiger partial charge < -0.3 is 10.2 Å². The zero-order chi connectivity index (χ0) is 19.5. The van der Waals surface area contributed by atoms with Crippen molar-refractivity contribution in [3.8, 4) is 0 Å². The molecular formula is C17H19Cl2N3O3S. The molecule has 0 fully saturated rings. The molecule has 26 heavy (non-hydrogen) atoms. The molecule has 9 heteroatoms. The standard InChI is InChI=1S/C17H19Cl2N3O3S/c1-11(21-26(24,25)14-7-4-12(18)5-8-14)17(23)20-15-10-13(19)6-9-16(15)22(2)3/h4-11,21H,1-3H3,(H,20,23)/t11-/m0/s1. The normalized spacial score (nSPS) is 12.5. The van der Waals surface area contributed by atoms with Gasteiger partial charge in [-0.05, 0) is 49.4 Å². The Balaban J connectivity index is 2.15. The molecule has 0 aliphatic rings. The van der Waals surface area contributed by atoms with Gasteiger partial charge in [0.25, 0.3) is 0 Å². The van der Waals surface area contributed by atoms with Gasteiger partial charge in [0.05, 0.1) is 22.3 Å². The summed E-state index contributed by atoms with van der Waals surface area (Å²) in [7, 11) is -0.204. The highest BCUT2D eigenvalue weighted by Crippen LogP contribution is 2.28. The lowest BCUT2D eigenvalue weighted by molar-refractivity contribution is -0.117. The number of nitrogens with one attached hydrogen (secondary N) is 2. The molecule has 6 nitrogen and oxygen atoms in total. The van der Waals surface area contributed by atoms with Crippen LogP contribution in [0.1, 0.15) is 6.92 Å². The number of hydrogen-bond acceptors (Lipinski definition) is 4. The number of rotatable bonds is 6. The van der Waals surface area contributed by atoms with Crippen molar-refractivity contribution in [2.45, 2.75) is 17.9 Å². The van der Waals surface area contributed by atoms with Crippen molar-refractivity contribution in [3.05, 3.63) is 52.5 Å². The summed E-state index contributed by atoms with van der Waals surface area (Å²) in [5, 5.41) is 3.58. The van der Waals surface area contributed by atoms with Gasteiger partial charge in [0.15, 0.2) is 0 Å². The van der Waals surface area contributed by atoms with Gasteiger partial charge in [-0.25, -0.2) is 8.42 Å². The van der Waals surface area contributed by atoms with Crippen LogP contribution in [0.25, 0.3) is 0 Å². The van der Waals surface area contributed by atoms with Gasteiger partial charge in [0.1, 0.15) is 0 Å². The summed E-state index contributed by atoms with van der Waals surface area (Å²) >= 11 is 11.8. The molecule has 1 atom stereocenters. The van der Waals surface area contributed by atoms with Gasteiger partial charge in [-0.3, -0.25) is 4.79 Å². The van der Waals surface area contributed by atoms with Gasteiger partial charge in [-0.2, -0.15) is 4.72 Å². The van der Waals surface area contributed by atoms with Gasteiger partial charge in [0, 0.05) is 24.1 Å². The monoisotopic (exact) mass is 415 g/mol. The first-order valence-electron chi connectivity index (χ1n) is 7.66. The average Bonchev–Trinajstić information content (AvgIpc) is 2.54. The molecular weight excluding hydrogens is 397 g/mol. The van der Waals surface area contributed by atoms with E-state index in [0.717, 1.165) is 5.69 Å². The number of amides is 1. The van der Waals surface area contributed by atoms with Gasteiger partial charge >= 0.3 is 0 Å². The van der Waals surface area contributed by atoms with Crippen LogP contribution in [0, 0.1) is 0 Å². The number of carbonyl (C=O) groups excluding carboxylic acids is 1. The molecule has 0 aliphatic carbocycles. The minimum atomic E-state index is -3.85. The van der Waals surface area contributed by atoms with Crippen molar-refractivity contribution in [1.82, 2.24) is 4.72 Å². The molecule has 140 valence electrons. The van der Waals surface area contributed by atoms with Crippen molar-refractivity contribution in [2.24, 2.45) is 0 Å². The third-order valence-corrected chi connectivity index (χ3v) is 5.59. The van der Waals surface area contributed by atoms with Crippen LogP contribution in [0.5, 0.6) is 0 Å². The lowest BCUT2D eigenvalue weighted by Crippen LogP contribution is -2.41. The number of nitrogens with zero attached hydrogens (tertiary/aromatic N) is 1. The molecule has 2 aromatic rings. The maximum atomic E-state index is 12.4. The maximum Gasteiger partial charge on any atom is 0.242 e. The molecule has 2 rings (SSSR count). The van der Waals surface area contributed by atoms with Crippen LogP contribution in [0.3, 0.4) is 0 Å². The van der Waals surface area contributed by atoms with Crippen LogP contribution in [0.4, 0.5) is 11.4 Å². The summed E-state index contributed by atoms with van der Waals surface area (Å²) in [5.41, 5.74) is 1.24. The lowest BCUT2D eigenvalue weighted by atomic mass is 10.2. The molecule has 0 saturated heterocycles. The Bertz CT molecular complexity index is 900. The van der Waals surface area contributed by atoms with Crippen LogP contribution < -0.4 is 14.9 Å². The molecule has 0 unspecified atom stereocenters. The summed E-state index contributed by atoms with van der Waals surface area (Å²) in [6, 6.07) is 9.76. The van der Waals surface area contributed by atoms with Crippen LogP contribution in [0.15, 0.2) is 47.4 Å². The zero-order valence-corrected chi connectivity index (χ0v) is 16.8. The first-order valence-corrected chi connectivity index (χ1v) is 9.89. The molecule has 0 radical (unpaired) electrons. The Labute approximate surface area is 163 Å². The highest BCUT2D eigenvalue weighted by atomic mass is 35.5. The Morgan fingerprint density at radius 1 is 1.04 bits per heavy atom. The predicted molar refractivity (Wildman–Crippen MR) is 106 cm³/mol. The van der Waals surface area contributed by atoms with Gasteiger partial charge in [-0.1, -0.05) is 23.2 Å². The third kappa shape index (κ3) is 5.11. The van der Waals surface area contributed by atoms with Crippen molar-refractivity contribution in [2.75, 3.05) is 24.3 Å². The minimum Gasteiger partial charge on any atom is -0.376 e. The van der Waals surface area contributed by atoms with E-state index in [2.05, 4.69) is 10.0 Å². The summed E-state index contributed by atoms with van der Waals surface area (Å²) < 4.78 is 27.1. The number of benzene rings is 2. The Hall–Kier alpha value is -1.80. The number of carbonyl (C=O) groups is 1. The Morgan fingerprint density at radius 3 is 2.19 bits per heavy atom. The molecule has 0 aliphatic heterocycles. The summed E-state index contributed by atoms with van der Waals surface area (Å²) in [4.78, 5) is 14.3. The topological polar surface area (TPSA) is 78.5 Å². The third-order valence-electron chi connectivity index (χ3n) is 3.55. The number of sulfonamides is 1. The highest BCUT2D eigenvalue weighted by Gasteiger charge is 2.23. The van der Waals surface area contributed by atoms with E-state index in [1.807, 2.05) is 19.0 Å². The van der Waals surface area contributed by atoms with E-state index in [1.165, 1.54) is 31.2 Å². The lowest BCUT2D eigenvalue weighted by Gasteiger charge is -2.20. The van der Waals surface area contributed by atoms with Crippen molar-refractivity contribution < 1.29 is 13.2 Å². The summed E-state index contributed by atoms with van der Waals surface area (Å²) in [5.74, 6) is -0.507. The van der Waals surface area contributed by atoms with Crippen LogP contribution in [-0.2, 0) is 14.8 Å². The van der Waals surface area contributed by atoms with E-state index in [4.69, 9.17) is 23.2 Å². The van der Waals surface area contributed by atoms with E-state index in [-0.39, 0.29) is 4.90 Å². The average molecular weight is 416 g/mol. The molecule has 2 N–H and O–H groups in total. The fourth-order valence-corrected chi connectivity index (χ4v) is 3.71. The van der Waals surface area contributed by atoms with E-state index < -0.39 is 22.0 Å². The van der Waals surface area contributed by atoms with E-state index >= 15 is 0 Å². The van der Waals surface area contributed by atoms with Crippen molar-refractivity contribution >= 4 is 50.5 Å². The Kier molecular flexibility index (Phi) is 6.52. The molecule has 0 bridgehead atoms.